The zero-order valence-corrected chi connectivity index (χ0v) is 9.90. The van der Waals surface area contributed by atoms with Gasteiger partial charge in [0, 0.05) is 23.8 Å². The first-order valence-electron chi connectivity index (χ1n) is 5.52. The number of nitrogens with zero attached hydrogens (tertiary/aromatic N) is 2. The van der Waals surface area contributed by atoms with Crippen LogP contribution in [0, 0.1) is 0 Å². The number of carboxylic acids is 1. The van der Waals surface area contributed by atoms with Crippen LogP contribution in [0.15, 0.2) is 18.2 Å². The fraction of sp³-hybridized carbons (Fsp3) is 0.333. The molecule has 1 heterocycles. The van der Waals surface area contributed by atoms with Gasteiger partial charge >= 0.3 is 5.97 Å². The smallest absolute Gasteiger partial charge is 0.323 e. The van der Waals surface area contributed by atoms with Crippen molar-refractivity contribution in [2.24, 2.45) is 0 Å². The van der Waals surface area contributed by atoms with E-state index in [1.165, 1.54) is 0 Å². The Hall–Kier alpha value is -2.04. The molecule has 90 valence electrons. The lowest BCUT2D eigenvalue weighted by molar-refractivity contribution is -0.135. The van der Waals surface area contributed by atoms with Crippen LogP contribution < -0.4 is 4.90 Å². The number of rotatable bonds is 4. The highest BCUT2D eigenvalue weighted by atomic mass is 16.4. The monoisotopic (exact) mass is 233 g/mol. The topological polar surface area (TPSA) is 69.2 Å². The molecule has 5 heteroatoms. The predicted octanol–water partition coefficient (Wildman–Crippen LogP) is 1.65. The molecular weight excluding hydrogens is 218 g/mol. The number of carboxylic acid groups (broad SMARTS) is 1. The van der Waals surface area contributed by atoms with Gasteiger partial charge in [-0.2, -0.15) is 5.10 Å². The lowest BCUT2D eigenvalue weighted by Gasteiger charge is -2.18. The summed E-state index contributed by atoms with van der Waals surface area (Å²) in [6, 6.07) is 5.72. The third-order valence-electron chi connectivity index (χ3n) is 2.77. The van der Waals surface area contributed by atoms with Crippen molar-refractivity contribution in [1.82, 2.24) is 10.2 Å². The molecule has 0 aliphatic carbocycles. The van der Waals surface area contributed by atoms with Gasteiger partial charge in [-0.15, -0.1) is 0 Å². The van der Waals surface area contributed by atoms with Gasteiger partial charge in [0.1, 0.15) is 6.54 Å². The maximum Gasteiger partial charge on any atom is 0.323 e. The SMILES string of the molecule is CCc1[nH]nc2cccc(N(C)CC(=O)O)c12. The first-order valence-corrected chi connectivity index (χ1v) is 5.52. The normalized spacial score (nSPS) is 10.7. The zero-order chi connectivity index (χ0) is 12.4. The van der Waals surface area contributed by atoms with Crippen LogP contribution in [-0.4, -0.2) is 34.9 Å². The number of nitrogens with one attached hydrogen (secondary N) is 1. The summed E-state index contributed by atoms with van der Waals surface area (Å²) in [5.41, 5.74) is 2.81. The van der Waals surface area contributed by atoms with E-state index in [0.717, 1.165) is 28.7 Å². The van der Waals surface area contributed by atoms with E-state index in [0.29, 0.717) is 0 Å². The maximum absolute atomic E-state index is 10.7. The number of fused-ring (bicyclic) bond motifs is 1. The molecule has 0 aliphatic rings. The third-order valence-corrected chi connectivity index (χ3v) is 2.77. The van der Waals surface area contributed by atoms with Gasteiger partial charge in [0.15, 0.2) is 0 Å². The molecule has 0 unspecified atom stereocenters. The summed E-state index contributed by atoms with van der Waals surface area (Å²) < 4.78 is 0. The van der Waals surface area contributed by atoms with Crippen molar-refractivity contribution in [3.05, 3.63) is 23.9 Å². The van der Waals surface area contributed by atoms with E-state index >= 15 is 0 Å². The standard InChI is InChI=1S/C12H15N3O2/c1-3-8-12-9(14-13-8)5-4-6-10(12)15(2)7-11(16)17/h4-6H,3,7H2,1-2H3,(H,13,14)(H,16,17). The van der Waals surface area contributed by atoms with Crippen LogP contribution in [0.25, 0.3) is 10.9 Å². The molecule has 0 fully saturated rings. The van der Waals surface area contributed by atoms with E-state index in [-0.39, 0.29) is 6.54 Å². The zero-order valence-electron chi connectivity index (χ0n) is 9.90. The quantitative estimate of drug-likeness (QED) is 0.842. The molecule has 0 saturated heterocycles. The Bertz CT molecular complexity index is 548. The lowest BCUT2D eigenvalue weighted by Crippen LogP contribution is -2.25. The molecule has 1 aromatic carbocycles. The Kier molecular flexibility index (Phi) is 2.99. The van der Waals surface area contributed by atoms with E-state index < -0.39 is 5.97 Å². The first-order chi connectivity index (χ1) is 8.13. The van der Waals surface area contributed by atoms with Crippen LogP contribution in [-0.2, 0) is 11.2 Å². The molecule has 2 aromatic rings. The summed E-state index contributed by atoms with van der Waals surface area (Å²) in [6.07, 6.45) is 0.842. The maximum atomic E-state index is 10.7. The molecule has 2 N–H and O–H groups in total. The molecule has 1 aromatic heterocycles. The minimum atomic E-state index is -0.842. The molecule has 0 atom stereocenters. The van der Waals surface area contributed by atoms with Crippen molar-refractivity contribution in [3.8, 4) is 0 Å². The fourth-order valence-electron chi connectivity index (χ4n) is 1.98. The Morgan fingerprint density at radius 2 is 2.29 bits per heavy atom. The minimum Gasteiger partial charge on any atom is -0.480 e. The second-order valence-corrected chi connectivity index (χ2v) is 3.98. The third kappa shape index (κ3) is 2.08. The highest BCUT2D eigenvalue weighted by Gasteiger charge is 2.13. The van der Waals surface area contributed by atoms with Crippen molar-refractivity contribution in [1.29, 1.82) is 0 Å². The van der Waals surface area contributed by atoms with Crippen LogP contribution in [0.4, 0.5) is 5.69 Å². The molecule has 2 rings (SSSR count). The van der Waals surface area contributed by atoms with Gasteiger partial charge in [-0.1, -0.05) is 13.0 Å². The summed E-state index contributed by atoms with van der Waals surface area (Å²) in [5, 5.41) is 17.0. The molecule has 0 aliphatic heterocycles. The molecule has 0 bridgehead atoms. The summed E-state index contributed by atoms with van der Waals surface area (Å²) in [5.74, 6) is -0.842. The summed E-state index contributed by atoms with van der Waals surface area (Å²) in [4.78, 5) is 12.5. The molecule has 5 nitrogen and oxygen atoms in total. The lowest BCUT2D eigenvalue weighted by atomic mass is 10.1. The Balaban J connectivity index is 2.52. The number of aromatic nitrogens is 2. The average Bonchev–Trinajstić information content (AvgIpc) is 2.70. The molecule has 0 saturated carbocycles. The number of H-pyrrole nitrogens is 1. The second kappa shape index (κ2) is 4.45. The van der Waals surface area contributed by atoms with Gasteiger partial charge in [0.2, 0.25) is 0 Å². The number of aromatic amines is 1. The van der Waals surface area contributed by atoms with Crippen molar-refractivity contribution in [2.75, 3.05) is 18.5 Å². The van der Waals surface area contributed by atoms with Crippen molar-refractivity contribution < 1.29 is 9.90 Å². The van der Waals surface area contributed by atoms with Gasteiger partial charge in [-0.3, -0.25) is 9.89 Å². The number of likely N-dealkylation sites (N-methyl/N-ethyl adjacent to an activating group) is 1. The summed E-state index contributed by atoms with van der Waals surface area (Å²) in [7, 11) is 1.77. The molecule has 0 radical (unpaired) electrons. The largest absolute Gasteiger partial charge is 0.480 e. The average molecular weight is 233 g/mol. The van der Waals surface area contributed by atoms with Gasteiger partial charge in [-0.25, -0.2) is 0 Å². The van der Waals surface area contributed by atoms with Crippen LogP contribution >= 0.6 is 0 Å². The molecule has 17 heavy (non-hydrogen) atoms. The predicted molar refractivity (Wildman–Crippen MR) is 66.4 cm³/mol. The van der Waals surface area contributed by atoms with Crippen LogP contribution in [0.5, 0.6) is 0 Å². The van der Waals surface area contributed by atoms with E-state index in [2.05, 4.69) is 10.2 Å². The number of anilines is 1. The number of benzene rings is 1. The number of hydrogen-bond donors (Lipinski definition) is 2. The Morgan fingerprint density at radius 1 is 1.53 bits per heavy atom. The van der Waals surface area contributed by atoms with Crippen LogP contribution in [0.2, 0.25) is 0 Å². The van der Waals surface area contributed by atoms with Crippen molar-refractivity contribution in [2.45, 2.75) is 13.3 Å². The number of aliphatic carboxylic acids is 1. The second-order valence-electron chi connectivity index (χ2n) is 3.98. The molecule has 0 amide bonds. The Morgan fingerprint density at radius 3 is 2.94 bits per heavy atom. The minimum absolute atomic E-state index is 0.0204. The number of carbonyl (C=O) groups is 1. The molecular formula is C12H15N3O2. The van der Waals surface area contributed by atoms with Crippen molar-refractivity contribution in [3.63, 3.8) is 0 Å². The van der Waals surface area contributed by atoms with Crippen LogP contribution in [0.1, 0.15) is 12.6 Å². The van der Waals surface area contributed by atoms with E-state index in [9.17, 15) is 4.79 Å². The first kappa shape index (κ1) is 11.4. The van der Waals surface area contributed by atoms with Crippen LogP contribution in [0.3, 0.4) is 0 Å². The van der Waals surface area contributed by atoms with Crippen molar-refractivity contribution >= 4 is 22.6 Å². The summed E-state index contributed by atoms with van der Waals surface area (Å²) in [6.45, 7) is 2.02. The highest BCUT2D eigenvalue weighted by molar-refractivity contribution is 5.95. The number of hydrogen-bond acceptors (Lipinski definition) is 3. The molecule has 0 spiro atoms. The fourth-order valence-corrected chi connectivity index (χ4v) is 1.98. The van der Waals surface area contributed by atoms with Gasteiger partial charge in [0.05, 0.1) is 5.52 Å². The summed E-state index contributed by atoms with van der Waals surface area (Å²) >= 11 is 0. The van der Waals surface area contributed by atoms with Gasteiger partial charge < -0.3 is 10.0 Å². The van der Waals surface area contributed by atoms with E-state index in [1.54, 1.807) is 11.9 Å². The Labute approximate surface area is 99.1 Å². The van der Waals surface area contributed by atoms with Gasteiger partial charge in [-0.05, 0) is 18.6 Å². The number of aryl methyl sites for hydroxylation is 1. The van der Waals surface area contributed by atoms with E-state index in [1.807, 2.05) is 25.1 Å². The van der Waals surface area contributed by atoms with Gasteiger partial charge in [0.25, 0.3) is 0 Å². The highest BCUT2D eigenvalue weighted by Crippen LogP contribution is 2.27. The van der Waals surface area contributed by atoms with E-state index in [4.69, 9.17) is 5.11 Å².